The Balaban J connectivity index is 1.07. The van der Waals surface area contributed by atoms with Gasteiger partial charge in [0.25, 0.3) is 0 Å². The predicted molar refractivity (Wildman–Crippen MR) is 165 cm³/mol. The zero-order valence-electron chi connectivity index (χ0n) is 23.0. The first-order valence-corrected chi connectivity index (χ1v) is 15.2. The minimum absolute atomic E-state index is 0.0952. The van der Waals surface area contributed by atoms with Gasteiger partial charge in [-0.25, -0.2) is 9.97 Å². The Hall–Kier alpha value is -4.08. The molecule has 1 amide bonds. The number of likely N-dealkylation sites (tertiary alicyclic amines) is 1. The van der Waals surface area contributed by atoms with E-state index in [4.69, 9.17) is 0 Å². The molecule has 9 heteroatoms. The van der Waals surface area contributed by atoms with E-state index >= 15 is 0 Å². The fourth-order valence-electron chi connectivity index (χ4n) is 5.98. The third-order valence-corrected chi connectivity index (χ3v) is 9.24. The van der Waals surface area contributed by atoms with Crippen LogP contribution in [0.25, 0.3) is 21.1 Å². The SMILES string of the molecule is O=C(/C=C/CN1CCCCC1)N1CCc2c(sc3ncnc(Nc4ccc5c(ccn5Cc5ccccn5)c4)c23)C1. The Labute approximate surface area is 243 Å². The third-order valence-electron chi connectivity index (χ3n) is 8.11. The van der Waals surface area contributed by atoms with Crippen LogP contribution in [0.1, 0.15) is 35.4 Å². The smallest absolute Gasteiger partial charge is 0.246 e. The molecule has 0 saturated carbocycles. The van der Waals surface area contributed by atoms with E-state index in [1.807, 2.05) is 35.4 Å². The fraction of sp³-hybridized carbons (Fsp3) is 0.312. The Bertz CT molecular complexity index is 1720. The van der Waals surface area contributed by atoms with Gasteiger partial charge in [0.2, 0.25) is 5.91 Å². The Morgan fingerprint density at radius 3 is 2.83 bits per heavy atom. The lowest BCUT2D eigenvalue weighted by atomic mass is 10.0. The molecule has 5 aromatic rings. The average Bonchev–Trinajstić information content (AvgIpc) is 3.59. The zero-order valence-corrected chi connectivity index (χ0v) is 23.8. The summed E-state index contributed by atoms with van der Waals surface area (Å²) in [6.45, 7) is 5.19. The number of hydrogen-bond donors (Lipinski definition) is 1. The summed E-state index contributed by atoms with van der Waals surface area (Å²) in [7, 11) is 0. The van der Waals surface area contributed by atoms with E-state index < -0.39 is 0 Å². The summed E-state index contributed by atoms with van der Waals surface area (Å²) in [5.74, 6) is 0.916. The van der Waals surface area contributed by atoms with E-state index in [9.17, 15) is 4.79 Å². The molecule has 6 heterocycles. The first-order valence-electron chi connectivity index (χ1n) is 14.4. The second-order valence-corrected chi connectivity index (χ2v) is 11.9. The number of thiophene rings is 1. The van der Waals surface area contributed by atoms with Gasteiger partial charge in [-0.15, -0.1) is 11.3 Å². The summed E-state index contributed by atoms with van der Waals surface area (Å²) in [4.78, 5) is 33.2. The van der Waals surface area contributed by atoms with Crippen molar-refractivity contribution in [2.24, 2.45) is 0 Å². The molecule has 7 rings (SSSR count). The molecule has 0 unspecified atom stereocenters. The minimum Gasteiger partial charge on any atom is -0.341 e. The molecule has 1 saturated heterocycles. The normalized spacial score (nSPS) is 16.0. The highest BCUT2D eigenvalue weighted by Gasteiger charge is 2.25. The van der Waals surface area contributed by atoms with Crippen molar-refractivity contribution in [2.45, 2.75) is 38.8 Å². The quantitative estimate of drug-likeness (QED) is 0.254. The summed E-state index contributed by atoms with van der Waals surface area (Å²) in [6, 6.07) is 14.5. The van der Waals surface area contributed by atoms with Crippen molar-refractivity contribution in [2.75, 3.05) is 31.5 Å². The van der Waals surface area contributed by atoms with Crippen LogP contribution in [0.2, 0.25) is 0 Å². The molecule has 0 bridgehead atoms. The van der Waals surface area contributed by atoms with E-state index in [0.29, 0.717) is 13.1 Å². The maximum atomic E-state index is 13.0. The van der Waals surface area contributed by atoms with Gasteiger partial charge < -0.3 is 14.8 Å². The van der Waals surface area contributed by atoms with Crippen molar-refractivity contribution in [1.29, 1.82) is 0 Å². The van der Waals surface area contributed by atoms with Gasteiger partial charge in [-0.2, -0.15) is 0 Å². The number of fused-ring (bicyclic) bond motifs is 4. The number of aromatic nitrogens is 4. The molecule has 4 aromatic heterocycles. The van der Waals surface area contributed by atoms with Crippen molar-refractivity contribution >= 4 is 49.9 Å². The Morgan fingerprint density at radius 2 is 1.95 bits per heavy atom. The number of anilines is 2. The van der Waals surface area contributed by atoms with Crippen molar-refractivity contribution in [3.05, 3.63) is 89.5 Å². The molecule has 0 atom stereocenters. The van der Waals surface area contributed by atoms with Crippen LogP contribution in [0, 0.1) is 0 Å². The van der Waals surface area contributed by atoms with Crippen molar-refractivity contribution in [3.8, 4) is 0 Å². The van der Waals surface area contributed by atoms with Gasteiger partial charge in [0.15, 0.2) is 0 Å². The van der Waals surface area contributed by atoms with Crippen LogP contribution in [-0.2, 0) is 24.3 Å². The summed E-state index contributed by atoms with van der Waals surface area (Å²) >= 11 is 1.67. The van der Waals surface area contributed by atoms with Crippen LogP contribution in [-0.4, -0.2) is 61.4 Å². The minimum atomic E-state index is 0.0952. The molecule has 0 aliphatic carbocycles. The standard InChI is InChI=1S/C32H33N7OS/c40-29(8-6-16-37-14-4-1-5-15-37)39-18-12-26-28(21-39)41-32-30(26)31(34-22-35-32)36-24-9-10-27-23(19-24)11-17-38(27)20-25-7-2-3-13-33-25/h2-3,6-11,13,17,19,22H,1,4-5,12,14-16,18,20-21H2,(H,34,35,36)/b8-6+. The second-order valence-electron chi connectivity index (χ2n) is 10.8. The van der Waals surface area contributed by atoms with E-state index in [2.05, 4.69) is 60.2 Å². The largest absolute Gasteiger partial charge is 0.341 e. The van der Waals surface area contributed by atoms with Gasteiger partial charge in [0.1, 0.15) is 17.0 Å². The molecule has 0 spiro atoms. The zero-order chi connectivity index (χ0) is 27.6. The lowest BCUT2D eigenvalue weighted by molar-refractivity contribution is -0.126. The van der Waals surface area contributed by atoms with Gasteiger partial charge in [-0.3, -0.25) is 14.7 Å². The molecule has 41 heavy (non-hydrogen) atoms. The van der Waals surface area contributed by atoms with E-state index in [1.165, 1.54) is 29.7 Å². The van der Waals surface area contributed by atoms with Crippen LogP contribution in [0.3, 0.4) is 0 Å². The molecular formula is C32H33N7OS. The maximum Gasteiger partial charge on any atom is 0.246 e. The number of amides is 1. The van der Waals surface area contributed by atoms with Crippen LogP contribution < -0.4 is 5.32 Å². The highest BCUT2D eigenvalue weighted by atomic mass is 32.1. The van der Waals surface area contributed by atoms with Crippen molar-refractivity contribution < 1.29 is 4.79 Å². The highest BCUT2D eigenvalue weighted by molar-refractivity contribution is 7.19. The summed E-state index contributed by atoms with van der Waals surface area (Å²) in [5.41, 5.74) is 4.44. The fourth-order valence-corrected chi connectivity index (χ4v) is 7.18. The van der Waals surface area contributed by atoms with Gasteiger partial charge in [-0.1, -0.05) is 18.6 Å². The van der Waals surface area contributed by atoms with Crippen molar-refractivity contribution in [1.82, 2.24) is 29.3 Å². The molecule has 8 nitrogen and oxygen atoms in total. The molecule has 2 aliphatic heterocycles. The van der Waals surface area contributed by atoms with E-state index in [1.54, 1.807) is 23.7 Å². The molecule has 208 valence electrons. The number of piperidine rings is 1. The average molecular weight is 564 g/mol. The van der Waals surface area contributed by atoms with Crippen LogP contribution in [0.4, 0.5) is 11.5 Å². The predicted octanol–water partition coefficient (Wildman–Crippen LogP) is 5.76. The molecule has 1 N–H and O–H groups in total. The highest BCUT2D eigenvalue weighted by Crippen LogP contribution is 2.38. The van der Waals surface area contributed by atoms with Gasteiger partial charge >= 0.3 is 0 Å². The maximum absolute atomic E-state index is 13.0. The summed E-state index contributed by atoms with van der Waals surface area (Å²) < 4.78 is 2.22. The Morgan fingerprint density at radius 1 is 1.02 bits per heavy atom. The number of pyridine rings is 1. The van der Waals surface area contributed by atoms with Crippen LogP contribution in [0.5, 0.6) is 0 Å². The molecule has 1 fully saturated rings. The number of nitrogens with zero attached hydrogens (tertiary/aromatic N) is 6. The second kappa shape index (κ2) is 11.4. The van der Waals surface area contributed by atoms with Crippen LogP contribution in [0.15, 0.2) is 73.3 Å². The summed E-state index contributed by atoms with van der Waals surface area (Å²) in [6.07, 6.45) is 14.0. The number of carbonyl (C=O) groups excluding carboxylic acids is 1. The number of nitrogens with one attached hydrogen (secondary N) is 1. The number of hydrogen-bond acceptors (Lipinski definition) is 7. The Kier molecular flexibility index (Phi) is 7.21. The van der Waals surface area contributed by atoms with Gasteiger partial charge in [0.05, 0.1) is 24.2 Å². The van der Waals surface area contributed by atoms with Gasteiger partial charge in [-0.05, 0) is 74.3 Å². The lowest BCUT2D eigenvalue weighted by Gasteiger charge is -2.27. The number of carbonyl (C=O) groups is 1. The van der Waals surface area contributed by atoms with Gasteiger partial charge in [0, 0.05) is 53.0 Å². The first-order chi connectivity index (χ1) is 20.2. The summed E-state index contributed by atoms with van der Waals surface area (Å²) in [5, 5.41) is 5.80. The first kappa shape index (κ1) is 25.9. The van der Waals surface area contributed by atoms with E-state index in [0.717, 1.165) is 70.9 Å². The lowest BCUT2D eigenvalue weighted by Crippen LogP contribution is -2.34. The monoisotopic (exact) mass is 563 g/mol. The molecule has 0 radical (unpaired) electrons. The number of rotatable bonds is 7. The van der Waals surface area contributed by atoms with Crippen molar-refractivity contribution in [3.63, 3.8) is 0 Å². The van der Waals surface area contributed by atoms with E-state index in [-0.39, 0.29) is 5.91 Å². The van der Waals surface area contributed by atoms with Crippen LogP contribution >= 0.6 is 11.3 Å². The number of benzene rings is 1. The molecule has 2 aliphatic rings. The third kappa shape index (κ3) is 5.47. The molecular weight excluding hydrogens is 530 g/mol. The topological polar surface area (TPSA) is 79.2 Å². The molecule has 1 aromatic carbocycles.